The largest absolute Gasteiger partial charge is 0.480 e. The van der Waals surface area contributed by atoms with Gasteiger partial charge in [0.25, 0.3) is 0 Å². The van der Waals surface area contributed by atoms with E-state index in [1.807, 2.05) is 18.2 Å². The summed E-state index contributed by atoms with van der Waals surface area (Å²) in [4.78, 5) is 21.8. The predicted molar refractivity (Wildman–Crippen MR) is 130 cm³/mol. The molecule has 1 atom stereocenters. The molecule has 8 N–H and O–H groups in total. The molecule has 0 aliphatic carbocycles. The first-order chi connectivity index (χ1) is 15.4. The van der Waals surface area contributed by atoms with Crippen molar-refractivity contribution in [1.29, 1.82) is 0 Å². The van der Waals surface area contributed by atoms with Crippen molar-refractivity contribution < 1.29 is 14.7 Å². The summed E-state index contributed by atoms with van der Waals surface area (Å²) >= 11 is 0. The minimum Gasteiger partial charge on any atom is -0.480 e. The SMILES string of the molecule is NCCCCCC(=O)NCCCC[C@H](N)C(=O)O.Nc1ccc(Cc2ccccc2)cc1. The first kappa shape index (κ1) is 27.1. The molecule has 7 nitrogen and oxygen atoms in total. The number of carboxylic acids is 1. The number of hydrogen-bond acceptors (Lipinski definition) is 5. The van der Waals surface area contributed by atoms with Gasteiger partial charge in [-0.3, -0.25) is 9.59 Å². The van der Waals surface area contributed by atoms with E-state index >= 15 is 0 Å². The van der Waals surface area contributed by atoms with Crippen LogP contribution in [0.3, 0.4) is 0 Å². The highest BCUT2D eigenvalue weighted by Crippen LogP contribution is 2.11. The third-order valence-electron chi connectivity index (χ3n) is 4.92. The first-order valence-corrected chi connectivity index (χ1v) is 11.3. The Morgan fingerprint density at radius 2 is 1.53 bits per heavy atom. The summed E-state index contributed by atoms with van der Waals surface area (Å²) in [6, 6.07) is 17.7. The number of nitrogens with one attached hydrogen (secondary N) is 1. The van der Waals surface area contributed by atoms with Crippen molar-refractivity contribution in [1.82, 2.24) is 5.32 Å². The first-order valence-electron chi connectivity index (χ1n) is 11.3. The number of hydrogen-bond donors (Lipinski definition) is 5. The predicted octanol–water partition coefficient (Wildman–Crippen LogP) is 3.06. The molecular formula is C25H38N4O3. The van der Waals surface area contributed by atoms with Crippen LogP contribution < -0.4 is 22.5 Å². The Hall–Kier alpha value is -2.90. The molecular weight excluding hydrogens is 404 g/mol. The zero-order chi connectivity index (χ0) is 23.6. The van der Waals surface area contributed by atoms with E-state index in [9.17, 15) is 9.59 Å². The Morgan fingerprint density at radius 3 is 2.16 bits per heavy atom. The molecule has 0 unspecified atom stereocenters. The molecule has 32 heavy (non-hydrogen) atoms. The summed E-state index contributed by atoms with van der Waals surface area (Å²) in [5.74, 6) is -0.923. The van der Waals surface area contributed by atoms with Crippen molar-refractivity contribution in [3.63, 3.8) is 0 Å². The highest BCUT2D eigenvalue weighted by molar-refractivity contribution is 5.75. The molecule has 0 aliphatic rings. The van der Waals surface area contributed by atoms with Crippen LogP contribution in [0.4, 0.5) is 5.69 Å². The van der Waals surface area contributed by atoms with Crippen LogP contribution in [-0.2, 0) is 16.0 Å². The number of carbonyl (C=O) groups excluding carboxylic acids is 1. The Balaban J connectivity index is 0.000000328. The molecule has 0 fully saturated rings. The van der Waals surface area contributed by atoms with Gasteiger partial charge in [0.05, 0.1) is 0 Å². The maximum atomic E-state index is 11.4. The molecule has 0 spiro atoms. The normalized spacial score (nSPS) is 11.2. The van der Waals surface area contributed by atoms with E-state index in [0.717, 1.165) is 37.8 Å². The molecule has 176 valence electrons. The second-order valence-electron chi connectivity index (χ2n) is 7.79. The highest BCUT2D eigenvalue weighted by atomic mass is 16.4. The number of carbonyl (C=O) groups is 2. The van der Waals surface area contributed by atoms with Crippen molar-refractivity contribution in [2.45, 2.75) is 57.4 Å². The minimum absolute atomic E-state index is 0.0505. The number of amides is 1. The number of nitrogens with two attached hydrogens (primary N) is 3. The van der Waals surface area contributed by atoms with Crippen molar-refractivity contribution in [3.05, 3.63) is 65.7 Å². The van der Waals surface area contributed by atoms with Crippen LogP contribution in [-0.4, -0.2) is 36.1 Å². The summed E-state index contributed by atoms with van der Waals surface area (Å²) in [5.41, 5.74) is 19.8. The van der Waals surface area contributed by atoms with Gasteiger partial charge in [0.15, 0.2) is 0 Å². The van der Waals surface area contributed by atoms with Crippen LogP contribution in [0.2, 0.25) is 0 Å². The maximum absolute atomic E-state index is 11.4. The van der Waals surface area contributed by atoms with Crippen molar-refractivity contribution in [3.8, 4) is 0 Å². The van der Waals surface area contributed by atoms with E-state index in [0.29, 0.717) is 32.4 Å². The Labute approximate surface area is 191 Å². The van der Waals surface area contributed by atoms with Crippen LogP contribution in [0.1, 0.15) is 56.1 Å². The van der Waals surface area contributed by atoms with Gasteiger partial charge in [0, 0.05) is 18.7 Å². The average Bonchev–Trinajstić information content (AvgIpc) is 2.79. The lowest BCUT2D eigenvalue weighted by Crippen LogP contribution is -2.30. The minimum atomic E-state index is -0.973. The van der Waals surface area contributed by atoms with Gasteiger partial charge in [-0.25, -0.2) is 0 Å². The number of benzene rings is 2. The molecule has 0 aliphatic heterocycles. The molecule has 0 radical (unpaired) electrons. The molecule has 0 aromatic heterocycles. The zero-order valence-electron chi connectivity index (χ0n) is 18.8. The van der Waals surface area contributed by atoms with Gasteiger partial charge < -0.3 is 27.6 Å². The number of carboxylic acid groups (broad SMARTS) is 1. The third kappa shape index (κ3) is 13.4. The third-order valence-corrected chi connectivity index (χ3v) is 4.92. The number of unbranched alkanes of at least 4 members (excludes halogenated alkanes) is 3. The number of aliphatic carboxylic acids is 1. The van der Waals surface area contributed by atoms with E-state index in [-0.39, 0.29) is 5.91 Å². The molecule has 1 amide bonds. The van der Waals surface area contributed by atoms with Gasteiger partial charge in [-0.1, -0.05) is 48.9 Å². The highest BCUT2D eigenvalue weighted by Gasteiger charge is 2.10. The number of anilines is 1. The fourth-order valence-electron chi connectivity index (χ4n) is 3.00. The van der Waals surface area contributed by atoms with Gasteiger partial charge in [0.2, 0.25) is 5.91 Å². The smallest absolute Gasteiger partial charge is 0.320 e. The van der Waals surface area contributed by atoms with E-state index in [1.54, 1.807) is 0 Å². The Bertz CT molecular complexity index is 767. The van der Waals surface area contributed by atoms with Crippen molar-refractivity contribution in [2.75, 3.05) is 18.8 Å². The summed E-state index contributed by atoms with van der Waals surface area (Å²) in [6.45, 7) is 1.26. The lowest BCUT2D eigenvalue weighted by molar-refractivity contribution is -0.138. The molecule has 2 rings (SSSR count). The molecule has 0 saturated heterocycles. The van der Waals surface area contributed by atoms with Crippen LogP contribution in [0, 0.1) is 0 Å². The average molecular weight is 443 g/mol. The quantitative estimate of drug-likeness (QED) is 0.238. The topological polar surface area (TPSA) is 144 Å². The van der Waals surface area contributed by atoms with E-state index in [2.05, 4.69) is 41.7 Å². The van der Waals surface area contributed by atoms with Gasteiger partial charge in [-0.05, 0) is 68.3 Å². The van der Waals surface area contributed by atoms with E-state index in [4.69, 9.17) is 22.3 Å². The van der Waals surface area contributed by atoms with Gasteiger partial charge in [-0.2, -0.15) is 0 Å². The molecule has 0 heterocycles. The van der Waals surface area contributed by atoms with Crippen LogP contribution in [0.5, 0.6) is 0 Å². The number of nitrogen functional groups attached to an aromatic ring is 1. The van der Waals surface area contributed by atoms with Gasteiger partial charge >= 0.3 is 5.97 Å². The fourth-order valence-corrected chi connectivity index (χ4v) is 3.00. The zero-order valence-corrected chi connectivity index (χ0v) is 18.8. The summed E-state index contributed by atoms with van der Waals surface area (Å²) in [7, 11) is 0. The molecule has 0 saturated carbocycles. The number of rotatable bonds is 13. The maximum Gasteiger partial charge on any atom is 0.320 e. The Kier molecular flexibility index (Phi) is 14.2. The summed E-state index contributed by atoms with van der Waals surface area (Å²) in [6.07, 6.45) is 6.23. The van der Waals surface area contributed by atoms with Crippen LogP contribution in [0.15, 0.2) is 54.6 Å². The summed E-state index contributed by atoms with van der Waals surface area (Å²) in [5, 5.41) is 11.4. The fraction of sp³-hybridized carbons (Fsp3) is 0.440. The second kappa shape index (κ2) is 16.8. The van der Waals surface area contributed by atoms with Crippen molar-refractivity contribution >= 4 is 17.6 Å². The monoisotopic (exact) mass is 442 g/mol. The molecule has 2 aromatic carbocycles. The van der Waals surface area contributed by atoms with Gasteiger partial charge in [-0.15, -0.1) is 0 Å². The molecule has 7 heteroatoms. The standard InChI is InChI=1S/C13H13N.C12H25N3O3/c14-13-8-6-12(7-9-13)10-11-4-2-1-3-5-11;13-8-4-1-2-7-11(16)15-9-5-3-6-10(14)12(17)18/h1-9H,10,14H2;10H,1-9,13-14H2,(H,15,16)(H,17,18)/t;10-/m.0/s1. The van der Waals surface area contributed by atoms with Crippen molar-refractivity contribution in [2.24, 2.45) is 11.5 Å². The molecule has 2 aromatic rings. The Morgan fingerprint density at radius 1 is 0.875 bits per heavy atom. The van der Waals surface area contributed by atoms with Crippen LogP contribution >= 0.6 is 0 Å². The summed E-state index contributed by atoms with van der Waals surface area (Å²) < 4.78 is 0. The van der Waals surface area contributed by atoms with Crippen LogP contribution in [0.25, 0.3) is 0 Å². The van der Waals surface area contributed by atoms with Gasteiger partial charge in [0.1, 0.15) is 6.04 Å². The molecule has 0 bridgehead atoms. The lowest BCUT2D eigenvalue weighted by Gasteiger charge is -2.07. The van der Waals surface area contributed by atoms with E-state index in [1.165, 1.54) is 11.1 Å². The lowest BCUT2D eigenvalue weighted by atomic mass is 10.1. The second-order valence-corrected chi connectivity index (χ2v) is 7.79. The van der Waals surface area contributed by atoms with E-state index < -0.39 is 12.0 Å².